The molecule has 0 aromatic carbocycles. The third-order valence-electron chi connectivity index (χ3n) is 5.66. The largest absolute Gasteiger partial charge is 0.318 e. The summed E-state index contributed by atoms with van der Waals surface area (Å²) in [5, 5.41) is 6.70. The molecule has 6 nitrogen and oxygen atoms in total. The van der Waals surface area contributed by atoms with Crippen LogP contribution in [0, 0.1) is 5.92 Å². The van der Waals surface area contributed by atoms with E-state index in [4.69, 9.17) is 4.99 Å². The molecule has 2 aliphatic rings. The number of unbranched alkanes of at least 4 members (excludes halogenated alkanes) is 1. The van der Waals surface area contributed by atoms with Crippen LogP contribution in [0.5, 0.6) is 0 Å². The van der Waals surface area contributed by atoms with Gasteiger partial charge in [0.2, 0.25) is 0 Å². The minimum absolute atomic E-state index is 0.672. The van der Waals surface area contributed by atoms with Crippen molar-refractivity contribution >= 4 is 12.4 Å². The van der Waals surface area contributed by atoms with Crippen LogP contribution >= 0.6 is 0 Å². The Bertz CT molecular complexity index is 471. The first kappa shape index (κ1) is 22.2. The van der Waals surface area contributed by atoms with Crippen molar-refractivity contribution in [3.8, 4) is 0 Å². The Morgan fingerprint density at radius 3 is 2.89 bits per heavy atom. The number of nitrogens with one attached hydrogen (secondary N) is 2. The van der Waals surface area contributed by atoms with Gasteiger partial charge in [0.1, 0.15) is 0 Å². The summed E-state index contributed by atoms with van der Waals surface area (Å²) in [5.74, 6) is 0.866. The fourth-order valence-corrected chi connectivity index (χ4v) is 3.88. The average Bonchev–Trinajstić information content (AvgIpc) is 3.11. The highest BCUT2D eigenvalue weighted by Crippen LogP contribution is 2.18. The minimum Gasteiger partial charge on any atom is -0.318 e. The van der Waals surface area contributed by atoms with Crippen LogP contribution in [-0.4, -0.2) is 94.2 Å². The average molecular weight is 377 g/mol. The summed E-state index contributed by atoms with van der Waals surface area (Å²) >= 11 is 0. The Balaban J connectivity index is 1.84. The molecule has 2 aliphatic heterocycles. The fourth-order valence-electron chi connectivity index (χ4n) is 3.88. The van der Waals surface area contributed by atoms with Crippen LogP contribution in [0.1, 0.15) is 32.6 Å². The van der Waals surface area contributed by atoms with Crippen molar-refractivity contribution in [2.45, 2.75) is 38.6 Å². The topological polar surface area (TPSA) is 55.3 Å². The van der Waals surface area contributed by atoms with Gasteiger partial charge in [-0.25, -0.2) is 0 Å². The predicted molar refractivity (Wildman–Crippen MR) is 117 cm³/mol. The first-order chi connectivity index (χ1) is 13.3. The van der Waals surface area contributed by atoms with Crippen LogP contribution in [0.3, 0.4) is 0 Å². The third-order valence-corrected chi connectivity index (χ3v) is 5.66. The summed E-state index contributed by atoms with van der Waals surface area (Å²) < 4.78 is 0. The van der Waals surface area contributed by atoms with Crippen LogP contribution in [0.2, 0.25) is 0 Å². The second-order valence-electron chi connectivity index (χ2n) is 7.84. The van der Waals surface area contributed by atoms with E-state index in [1.54, 1.807) is 6.20 Å². The summed E-state index contributed by atoms with van der Waals surface area (Å²) in [6.07, 6.45) is 8.47. The highest BCUT2D eigenvalue weighted by molar-refractivity contribution is 5.94. The molecule has 1 unspecified atom stereocenters. The quantitative estimate of drug-likeness (QED) is 0.453. The fraction of sp³-hybridized carbons (Fsp3) is 0.810. The van der Waals surface area contributed by atoms with Gasteiger partial charge in [-0.3, -0.25) is 14.9 Å². The third kappa shape index (κ3) is 8.21. The van der Waals surface area contributed by atoms with Gasteiger partial charge < -0.3 is 15.5 Å². The number of aliphatic imine (C=N–C) groups is 2. The smallest absolute Gasteiger partial charge is 0.0520 e. The summed E-state index contributed by atoms with van der Waals surface area (Å²) in [6.45, 7) is 15.9. The Morgan fingerprint density at radius 1 is 1.37 bits per heavy atom. The van der Waals surface area contributed by atoms with Gasteiger partial charge in [-0.2, -0.15) is 0 Å². The minimum atomic E-state index is 0.672. The summed E-state index contributed by atoms with van der Waals surface area (Å²) in [6, 6.07) is 0.672. The van der Waals surface area contributed by atoms with E-state index in [1.807, 2.05) is 13.1 Å². The van der Waals surface area contributed by atoms with E-state index < -0.39 is 0 Å². The number of nitrogens with zero attached hydrogens (tertiary/aromatic N) is 4. The van der Waals surface area contributed by atoms with E-state index in [1.165, 1.54) is 52.0 Å². The van der Waals surface area contributed by atoms with Crippen LogP contribution in [0.25, 0.3) is 0 Å². The molecule has 2 N–H and O–H groups in total. The zero-order chi connectivity index (χ0) is 19.3. The van der Waals surface area contributed by atoms with E-state index in [0.717, 1.165) is 44.2 Å². The molecule has 27 heavy (non-hydrogen) atoms. The maximum atomic E-state index is 4.87. The molecule has 2 saturated heterocycles. The lowest BCUT2D eigenvalue weighted by Gasteiger charge is -2.32. The standard InChI is InChI=1S/C21H40N6/c1-4-5-6-20(7-9-22-2)25-11-14-27(13-10-23-3)21-8-12-26(18-21)17-19-15-24-16-19/h7,9,19,21,23-24H,2,4-6,8,10-18H2,1,3H3/b9-7-,25-20-. The zero-order valence-corrected chi connectivity index (χ0v) is 17.5. The maximum Gasteiger partial charge on any atom is 0.0520 e. The Kier molecular flexibility index (Phi) is 10.8. The highest BCUT2D eigenvalue weighted by Gasteiger charge is 2.29. The molecule has 0 bridgehead atoms. The van der Waals surface area contributed by atoms with Crippen molar-refractivity contribution in [2.75, 3.05) is 66.0 Å². The molecule has 0 aromatic rings. The second kappa shape index (κ2) is 13.2. The number of likely N-dealkylation sites (N-methyl/N-ethyl adjacent to an activating group) is 1. The van der Waals surface area contributed by atoms with Gasteiger partial charge >= 0.3 is 0 Å². The Labute approximate surface area is 166 Å². The van der Waals surface area contributed by atoms with E-state index in [-0.39, 0.29) is 0 Å². The van der Waals surface area contributed by atoms with Crippen LogP contribution in [0.15, 0.2) is 22.3 Å². The van der Waals surface area contributed by atoms with E-state index in [9.17, 15) is 0 Å². The summed E-state index contributed by atoms with van der Waals surface area (Å²) in [7, 11) is 2.04. The number of likely N-dealkylation sites (tertiary alicyclic amines) is 1. The van der Waals surface area contributed by atoms with E-state index >= 15 is 0 Å². The lowest BCUT2D eigenvalue weighted by molar-refractivity contribution is 0.180. The number of allylic oxidation sites excluding steroid dienone is 1. The lowest BCUT2D eigenvalue weighted by Crippen LogP contribution is -2.48. The molecule has 2 heterocycles. The van der Waals surface area contributed by atoms with Gasteiger partial charge in [-0.05, 0) is 51.6 Å². The molecule has 0 aliphatic carbocycles. The van der Waals surface area contributed by atoms with Crippen molar-refractivity contribution < 1.29 is 0 Å². The van der Waals surface area contributed by atoms with Crippen molar-refractivity contribution in [1.82, 2.24) is 20.4 Å². The molecule has 2 rings (SSSR count). The molecule has 0 amide bonds. The van der Waals surface area contributed by atoms with Gasteiger partial charge in [0.25, 0.3) is 0 Å². The number of rotatable bonds is 14. The Hall–Kier alpha value is -1.08. The molecule has 0 radical (unpaired) electrons. The van der Waals surface area contributed by atoms with Gasteiger partial charge in [-0.15, -0.1) is 0 Å². The van der Waals surface area contributed by atoms with Crippen molar-refractivity contribution in [1.29, 1.82) is 0 Å². The molecule has 1 atom stereocenters. The summed E-state index contributed by atoms with van der Waals surface area (Å²) in [5.41, 5.74) is 1.16. The monoisotopic (exact) mass is 376 g/mol. The van der Waals surface area contributed by atoms with Crippen LogP contribution in [-0.2, 0) is 0 Å². The van der Waals surface area contributed by atoms with Crippen LogP contribution < -0.4 is 10.6 Å². The van der Waals surface area contributed by atoms with Crippen molar-refractivity contribution in [2.24, 2.45) is 15.9 Å². The molecular weight excluding hydrogens is 336 g/mol. The van der Waals surface area contributed by atoms with E-state index in [0.29, 0.717) is 6.04 Å². The van der Waals surface area contributed by atoms with Crippen molar-refractivity contribution in [3.05, 3.63) is 12.3 Å². The van der Waals surface area contributed by atoms with Gasteiger partial charge in [0.05, 0.1) is 6.54 Å². The van der Waals surface area contributed by atoms with E-state index in [2.05, 4.69) is 39.1 Å². The molecule has 6 heteroatoms. The highest BCUT2D eigenvalue weighted by atomic mass is 15.3. The van der Waals surface area contributed by atoms with Gasteiger partial charge in [0.15, 0.2) is 0 Å². The first-order valence-corrected chi connectivity index (χ1v) is 10.7. The van der Waals surface area contributed by atoms with Gasteiger partial charge in [-0.1, -0.05) is 13.3 Å². The second-order valence-corrected chi connectivity index (χ2v) is 7.84. The lowest BCUT2D eigenvalue weighted by atomic mass is 10.0. The first-order valence-electron chi connectivity index (χ1n) is 10.7. The SMILES string of the molecule is C=N/C=C\C(CCCC)=N/CCN(CCNC)C1CCN(CC2CNC2)C1. The Morgan fingerprint density at radius 2 is 2.22 bits per heavy atom. The van der Waals surface area contributed by atoms with Gasteiger partial charge in [0, 0.05) is 63.8 Å². The normalized spacial score (nSPS) is 22.0. The summed E-state index contributed by atoms with van der Waals surface area (Å²) in [4.78, 5) is 14.0. The molecule has 0 spiro atoms. The van der Waals surface area contributed by atoms with Crippen molar-refractivity contribution in [3.63, 3.8) is 0 Å². The molecular formula is C21H40N6. The predicted octanol–water partition coefficient (Wildman–Crippen LogP) is 1.65. The van der Waals surface area contributed by atoms with Crippen LogP contribution in [0.4, 0.5) is 0 Å². The molecule has 0 saturated carbocycles. The maximum absolute atomic E-state index is 4.87. The molecule has 154 valence electrons. The zero-order valence-electron chi connectivity index (χ0n) is 17.5. The number of hydrogen-bond donors (Lipinski definition) is 2. The number of hydrogen-bond acceptors (Lipinski definition) is 6. The molecule has 2 fully saturated rings. The molecule has 0 aromatic heterocycles.